The van der Waals surface area contributed by atoms with Crippen LogP contribution in [-0.2, 0) is 21.1 Å². The second-order valence-corrected chi connectivity index (χ2v) is 14.2. The number of phenols is 1. The molecular weight excluding hydrogens is 878 g/mol. The SMILES string of the molecule is [2H]C([2H])([2H])c1cc(-c2ccccc2)cc(-n2c(-c3ccccc3O)nc3c(-c4[c-]c(-c5cc(-c6ccc(C([2H])(C)C)cc6)ccn5)cc(-c5ccccc5)c4)cccc32)c1.[Pt]. The molecule has 280 valence electrons. The summed E-state index contributed by atoms with van der Waals surface area (Å²) in [5, 5.41) is 11.3. The van der Waals surface area contributed by atoms with E-state index in [2.05, 4.69) is 48.5 Å². The van der Waals surface area contributed by atoms with Gasteiger partial charge in [0.15, 0.2) is 0 Å². The molecule has 2 heterocycles. The minimum absolute atomic E-state index is 0. The number of imidazole rings is 1. The molecule has 57 heavy (non-hydrogen) atoms. The number of pyridine rings is 1. The average Bonchev–Trinajstić information content (AvgIpc) is 3.66. The van der Waals surface area contributed by atoms with Crippen molar-refractivity contribution in [3.8, 4) is 78.6 Å². The average molecular weight is 922 g/mol. The van der Waals surface area contributed by atoms with E-state index < -0.39 is 12.7 Å². The van der Waals surface area contributed by atoms with Crippen molar-refractivity contribution in [2.24, 2.45) is 0 Å². The Bertz CT molecular complexity index is 3010. The fourth-order valence-electron chi connectivity index (χ4n) is 7.36. The predicted molar refractivity (Wildman–Crippen MR) is 231 cm³/mol. The molecule has 4 nitrogen and oxygen atoms in total. The summed E-state index contributed by atoms with van der Waals surface area (Å²) in [6.45, 7) is 1.39. The Labute approximate surface area is 354 Å². The number of para-hydroxylation sites is 2. The summed E-state index contributed by atoms with van der Waals surface area (Å²) < 4.78 is 35.7. The second-order valence-electron chi connectivity index (χ2n) is 14.2. The van der Waals surface area contributed by atoms with Gasteiger partial charge in [-0.05, 0) is 88.1 Å². The quantitative estimate of drug-likeness (QED) is 0.155. The summed E-state index contributed by atoms with van der Waals surface area (Å²) in [5.41, 5.74) is 12.4. The minimum atomic E-state index is -2.38. The van der Waals surface area contributed by atoms with Crippen LogP contribution in [0.4, 0.5) is 0 Å². The van der Waals surface area contributed by atoms with Gasteiger partial charge in [0, 0.05) is 44.1 Å². The van der Waals surface area contributed by atoms with Crippen LogP contribution in [-0.4, -0.2) is 19.6 Å². The molecule has 0 bridgehead atoms. The van der Waals surface area contributed by atoms with E-state index in [1.54, 1.807) is 24.3 Å². The first-order valence-electron chi connectivity index (χ1n) is 20.6. The van der Waals surface area contributed by atoms with Crippen molar-refractivity contribution in [3.05, 3.63) is 193 Å². The Morgan fingerprint density at radius 2 is 1.26 bits per heavy atom. The van der Waals surface area contributed by atoms with Gasteiger partial charge in [-0.15, -0.1) is 23.8 Å². The molecule has 0 atom stereocenters. The van der Waals surface area contributed by atoms with Gasteiger partial charge in [-0.3, -0.25) is 9.55 Å². The molecule has 5 heteroatoms. The van der Waals surface area contributed by atoms with Crippen LogP contribution < -0.4 is 0 Å². The van der Waals surface area contributed by atoms with Crippen LogP contribution in [0.3, 0.4) is 0 Å². The number of aromatic nitrogens is 3. The Balaban J connectivity index is 0.00000514. The van der Waals surface area contributed by atoms with E-state index in [1.807, 2.05) is 128 Å². The molecule has 0 unspecified atom stereocenters. The van der Waals surface area contributed by atoms with Gasteiger partial charge in [-0.2, -0.15) is 0 Å². The van der Waals surface area contributed by atoms with Gasteiger partial charge in [-0.25, -0.2) is 4.98 Å². The zero-order chi connectivity index (χ0) is 41.6. The summed E-state index contributed by atoms with van der Waals surface area (Å²) in [7, 11) is 0. The zero-order valence-corrected chi connectivity index (χ0v) is 33.6. The fourth-order valence-corrected chi connectivity index (χ4v) is 7.36. The maximum absolute atomic E-state index is 11.3. The maximum Gasteiger partial charge on any atom is 0.148 e. The summed E-state index contributed by atoms with van der Waals surface area (Å²) in [6, 6.07) is 58.4. The van der Waals surface area contributed by atoms with Crippen molar-refractivity contribution in [1.29, 1.82) is 0 Å². The Kier molecular flexibility index (Phi) is 9.23. The van der Waals surface area contributed by atoms with Crippen molar-refractivity contribution in [2.45, 2.75) is 26.6 Å². The van der Waals surface area contributed by atoms with Gasteiger partial charge in [0.1, 0.15) is 11.6 Å². The van der Waals surface area contributed by atoms with Crippen molar-refractivity contribution in [3.63, 3.8) is 0 Å². The van der Waals surface area contributed by atoms with Crippen LogP contribution in [0.1, 0.15) is 36.4 Å². The third kappa shape index (κ3) is 7.49. The molecule has 0 fully saturated rings. The standard InChI is InChI=1S/C52H40N3O.Pt/c1-34(2)36-21-23-39(24-22-36)40-25-26-53-48(33-40)44-30-42(38-15-8-5-9-16-38)29-43(31-44)46-18-12-19-49-51(46)54-52(47-17-10-11-20-50(47)56)55(49)45-28-35(3)27-41(32-45)37-13-6-4-7-14-37;/h4-30,32-34,56H,1-3H3;/q-1;/i3D3,34D;. The number of hydrogen-bond donors (Lipinski definition) is 1. The number of fused-ring (bicyclic) bond motifs is 1. The predicted octanol–water partition coefficient (Wildman–Crippen LogP) is 13.4. The number of hydrogen-bond acceptors (Lipinski definition) is 3. The molecular formula is C52H40N3OPt-. The maximum atomic E-state index is 11.3. The number of aryl methyl sites for hydroxylation is 1. The van der Waals surface area contributed by atoms with Crippen molar-refractivity contribution in [1.82, 2.24) is 14.5 Å². The number of aromatic hydroxyl groups is 1. The summed E-state index contributed by atoms with van der Waals surface area (Å²) in [5.74, 6) is -0.181. The third-order valence-corrected chi connectivity index (χ3v) is 10.2. The molecule has 9 rings (SSSR count). The molecule has 0 amide bonds. The fraction of sp³-hybridized carbons (Fsp3) is 0.0769. The van der Waals surface area contributed by atoms with Crippen molar-refractivity contribution < 1.29 is 31.7 Å². The molecule has 0 aliphatic heterocycles. The molecule has 9 aromatic rings. The largest absolute Gasteiger partial charge is 0.507 e. The van der Waals surface area contributed by atoms with E-state index in [4.69, 9.17) is 15.5 Å². The van der Waals surface area contributed by atoms with Crippen LogP contribution >= 0.6 is 0 Å². The van der Waals surface area contributed by atoms with E-state index >= 15 is 0 Å². The molecule has 1 N–H and O–H groups in total. The van der Waals surface area contributed by atoms with Gasteiger partial charge >= 0.3 is 0 Å². The monoisotopic (exact) mass is 921 g/mol. The molecule has 0 saturated carbocycles. The summed E-state index contributed by atoms with van der Waals surface area (Å²) in [4.78, 5) is 10.1. The van der Waals surface area contributed by atoms with Crippen molar-refractivity contribution >= 4 is 11.0 Å². The first-order chi connectivity index (χ1) is 28.9. The molecule has 7 aromatic carbocycles. The van der Waals surface area contributed by atoms with Crippen LogP contribution in [0.5, 0.6) is 5.75 Å². The first-order valence-corrected chi connectivity index (χ1v) is 18.6. The third-order valence-electron chi connectivity index (χ3n) is 10.2. The van der Waals surface area contributed by atoms with Crippen molar-refractivity contribution in [2.75, 3.05) is 0 Å². The van der Waals surface area contributed by atoms with Gasteiger partial charge in [-0.1, -0.05) is 152 Å². The van der Waals surface area contributed by atoms with Gasteiger partial charge in [0.05, 0.1) is 16.6 Å². The van der Waals surface area contributed by atoms with Crippen LogP contribution in [0.2, 0.25) is 0 Å². The Hall–Kier alpha value is -6.35. The van der Waals surface area contributed by atoms with E-state index in [9.17, 15) is 5.11 Å². The number of nitrogens with zero attached hydrogens (tertiary/aromatic N) is 3. The number of benzene rings is 7. The molecule has 0 aliphatic rings. The van der Waals surface area contributed by atoms with E-state index in [0.717, 1.165) is 66.8 Å². The summed E-state index contributed by atoms with van der Waals surface area (Å²) in [6.07, 6.45) is 1.81. The van der Waals surface area contributed by atoms with Crippen LogP contribution in [0.25, 0.3) is 83.9 Å². The minimum Gasteiger partial charge on any atom is -0.507 e. The van der Waals surface area contributed by atoms with E-state index in [1.165, 1.54) is 0 Å². The van der Waals surface area contributed by atoms with Gasteiger partial charge in [0.2, 0.25) is 0 Å². The Morgan fingerprint density at radius 3 is 1.96 bits per heavy atom. The molecule has 0 saturated heterocycles. The first kappa shape index (κ1) is 32.8. The smallest absolute Gasteiger partial charge is 0.148 e. The number of phenolic OH excluding ortho intramolecular Hbond substituents is 1. The molecule has 0 spiro atoms. The van der Waals surface area contributed by atoms with Crippen LogP contribution in [0, 0.1) is 12.9 Å². The zero-order valence-electron chi connectivity index (χ0n) is 35.3. The topological polar surface area (TPSA) is 50.9 Å². The normalized spacial score (nSPS) is 12.6. The van der Waals surface area contributed by atoms with E-state index in [-0.39, 0.29) is 32.4 Å². The second kappa shape index (κ2) is 16.0. The molecule has 0 aliphatic carbocycles. The van der Waals surface area contributed by atoms with Crippen LogP contribution in [0.15, 0.2) is 176 Å². The van der Waals surface area contributed by atoms with E-state index in [0.29, 0.717) is 22.6 Å². The van der Waals surface area contributed by atoms with Gasteiger partial charge < -0.3 is 5.11 Å². The Morgan fingerprint density at radius 1 is 0.614 bits per heavy atom. The van der Waals surface area contributed by atoms with Gasteiger partial charge in [0.25, 0.3) is 0 Å². The molecule has 2 aromatic heterocycles. The summed E-state index contributed by atoms with van der Waals surface area (Å²) >= 11 is 0. The number of rotatable bonds is 8. The molecule has 0 radical (unpaired) electrons.